The summed E-state index contributed by atoms with van der Waals surface area (Å²) in [6.07, 6.45) is 1.12. The second-order valence-corrected chi connectivity index (χ2v) is 6.44. The fourth-order valence-electron chi connectivity index (χ4n) is 2.23. The lowest BCUT2D eigenvalue weighted by atomic mass is 10.1. The van der Waals surface area contributed by atoms with E-state index in [4.69, 9.17) is 14.2 Å². The third-order valence-corrected chi connectivity index (χ3v) is 4.83. The van der Waals surface area contributed by atoms with Crippen LogP contribution in [0.4, 0.5) is 0 Å². The normalized spacial score (nSPS) is 16.3. The van der Waals surface area contributed by atoms with Gasteiger partial charge in [-0.05, 0) is 19.0 Å². The van der Waals surface area contributed by atoms with Crippen molar-refractivity contribution in [3.8, 4) is 11.5 Å². The second kappa shape index (κ2) is 8.51. The van der Waals surface area contributed by atoms with Crippen molar-refractivity contribution in [2.75, 3.05) is 39.7 Å². The summed E-state index contributed by atoms with van der Waals surface area (Å²) >= 11 is 1.97. The Morgan fingerprint density at radius 2 is 2.14 bits per heavy atom. The molecule has 0 radical (unpaired) electrons. The largest absolute Gasteiger partial charge is 0.497 e. The highest BCUT2D eigenvalue weighted by Crippen LogP contribution is 2.33. The minimum Gasteiger partial charge on any atom is -0.497 e. The van der Waals surface area contributed by atoms with E-state index in [1.807, 2.05) is 23.9 Å². The molecule has 1 aliphatic rings. The summed E-state index contributed by atoms with van der Waals surface area (Å²) in [6.45, 7) is 4.94. The van der Waals surface area contributed by atoms with E-state index < -0.39 is 0 Å². The maximum absolute atomic E-state index is 5.54. The molecule has 1 fully saturated rings. The van der Waals surface area contributed by atoms with E-state index in [2.05, 4.69) is 18.3 Å². The molecular formula is C16H25NO3S. The lowest BCUT2D eigenvalue weighted by Crippen LogP contribution is -2.33. The number of ether oxygens (including phenoxy) is 3. The smallest absolute Gasteiger partial charge is 0.127 e. The van der Waals surface area contributed by atoms with Crippen LogP contribution in [0.3, 0.4) is 0 Å². The number of methoxy groups -OCH3 is 2. The minimum atomic E-state index is 0.288. The van der Waals surface area contributed by atoms with Gasteiger partial charge in [0.05, 0.1) is 32.7 Å². The first kappa shape index (κ1) is 16.5. The monoisotopic (exact) mass is 311 g/mol. The van der Waals surface area contributed by atoms with Crippen LogP contribution in [0.25, 0.3) is 0 Å². The van der Waals surface area contributed by atoms with Crippen LogP contribution in [-0.4, -0.2) is 45.0 Å². The average molecular weight is 311 g/mol. The predicted octanol–water partition coefficient (Wildman–Crippen LogP) is 2.88. The van der Waals surface area contributed by atoms with Gasteiger partial charge in [-0.15, -0.1) is 0 Å². The van der Waals surface area contributed by atoms with E-state index in [1.54, 1.807) is 14.2 Å². The zero-order valence-electron chi connectivity index (χ0n) is 13.1. The van der Waals surface area contributed by atoms with E-state index in [0.717, 1.165) is 43.4 Å². The van der Waals surface area contributed by atoms with Gasteiger partial charge in [0.25, 0.3) is 0 Å². The van der Waals surface area contributed by atoms with Gasteiger partial charge >= 0.3 is 0 Å². The van der Waals surface area contributed by atoms with Gasteiger partial charge in [0.2, 0.25) is 0 Å². The lowest BCUT2D eigenvalue weighted by Gasteiger charge is -2.28. The highest BCUT2D eigenvalue weighted by atomic mass is 32.2. The highest BCUT2D eigenvalue weighted by Gasteiger charge is 2.23. The van der Waals surface area contributed by atoms with E-state index in [0.29, 0.717) is 5.25 Å². The molecule has 118 valence electrons. The summed E-state index contributed by atoms with van der Waals surface area (Å²) < 4.78 is 16.1. The van der Waals surface area contributed by atoms with Crippen LogP contribution in [0, 0.1) is 0 Å². The number of benzene rings is 1. The van der Waals surface area contributed by atoms with Crippen molar-refractivity contribution in [3.63, 3.8) is 0 Å². The molecule has 1 aromatic rings. The first-order valence-electron chi connectivity index (χ1n) is 7.43. The highest BCUT2D eigenvalue weighted by molar-refractivity contribution is 8.00. The molecule has 0 aliphatic carbocycles. The van der Waals surface area contributed by atoms with Gasteiger partial charge in [-0.25, -0.2) is 0 Å². The summed E-state index contributed by atoms with van der Waals surface area (Å²) in [5.74, 6) is 2.73. The average Bonchev–Trinajstić information content (AvgIpc) is 2.48. The molecule has 1 unspecified atom stereocenters. The minimum absolute atomic E-state index is 0.288. The first-order chi connectivity index (χ1) is 10.3. The van der Waals surface area contributed by atoms with Crippen molar-refractivity contribution in [2.45, 2.75) is 24.6 Å². The third kappa shape index (κ3) is 4.53. The molecule has 5 heteroatoms. The molecule has 1 aliphatic heterocycles. The topological polar surface area (TPSA) is 39.7 Å². The summed E-state index contributed by atoms with van der Waals surface area (Å²) in [6, 6.07) is 6.34. The Kier molecular flexibility index (Phi) is 6.67. The Balaban J connectivity index is 2.09. The molecule has 0 amide bonds. The van der Waals surface area contributed by atoms with Crippen molar-refractivity contribution in [3.05, 3.63) is 23.8 Å². The van der Waals surface area contributed by atoms with Crippen molar-refractivity contribution < 1.29 is 14.2 Å². The van der Waals surface area contributed by atoms with Gasteiger partial charge in [-0.3, -0.25) is 0 Å². The van der Waals surface area contributed by atoms with Crippen LogP contribution in [0.15, 0.2) is 18.2 Å². The van der Waals surface area contributed by atoms with Crippen molar-refractivity contribution in [2.24, 2.45) is 0 Å². The molecule has 0 saturated carbocycles. The molecule has 0 spiro atoms. The van der Waals surface area contributed by atoms with Gasteiger partial charge in [0, 0.05) is 23.4 Å². The van der Waals surface area contributed by atoms with E-state index in [9.17, 15) is 0 Å². The second-order valence-electron chi connectivity index (χ2n) is 5.11. The van der Waals surface area contributed by atoms with Gasteiger partial charge < -0.3 is 19.5 Å². The molecule has 1 atom stereocenters. The fourth-order valence-corrected chi connectivity index (χ4v) is 3.37. The SMILES string of the molecule is CCCNC(CSC1COC1)c1ccc(OC)cc1OC. The molecule has 0 aromatic heterocycles. The number of hydrogen-bond acceptors (Lipinski definition) is 5. The van der Waals surface area contributed by atoms with Gasteiger partial charge in [0.15, 0.2) is 0 Å². The van der Waals surface area contributed by atoms with Crippen LogP contribution in [0.1, 0.15) is 24.9 Å². The maximum Gasteiger partial charge on any atom is 0.127 e. The van der Waals surface area contributed by atoms with Crippen LogP contribution in [0.5, 0.6) is 11.5 Å². The number of thioether (sulfide) groups is 1. The number of hydrogen-bond donors (Lipinski definition) is 1. The third-order valence-electron chi connectivity index (χ3n) is 3.56. The fraction of sp³-hybridized carbons (Fsp3) is 0.625. The van der Waals surface area contributed by atoms with Crippen molar-refractivity contribution >= 4 is 11.8 Å². The zero-order valence-corrected chi connectivity index (χ0v) is 13.9. The number of nitrogens with one attached hydrogen (secondary N) is 1. The Bertz CT molecular complexity index is 438. The van der Waals surface area contributed by atoms with Gasteiger partial charge in [-0.2, -0.15) is 11.8 Å². The zero-order chi connectivity index (χ0) is 15.1. The van der Waals surface area contributed by atoms with Crippen molar-refractivity contribution in [1.82, 2.24) is 5.32 Å². The van der Waals surface area contributed by atoms with Crippen LogP contribution < -0.4 is 14.8 Å². The summed E-state index contributed by atoms with van der Waals surface area (Å²) in [4.78, 5) is 0. The molecule has 2 rings (SSSR count). The Hall–Kier alpha value is -0.910. The molecule has 4 nitrogen and oxygen atoms in total. The molecule has 21 heavy (non-hydrogen) atoms. The maximum atomic E-state index is 5.54. The van der Waals surface area contributed by atoms with Crippen LogP contribution in [0.2, 0.25) is 0 Å². The Morgan fingerprint density at radius 1 is 1.33 bits per heavy atom. The van der Waals surface area contributed by atoms with E-state index in [1.165, 1.54) is 5.56 Å². The van der Waals surface area contributed by atoms with Gasteiger partial charge in [-0.1, -0.05) is 13.0 Å². The molecule has 1 aromatic carbocycles. The van der Waals surface area contributed by atoms with Crippen LogP contribution >= 0.6 is 11.8 Å². The number of rotatable bonds is 9. The summed E-state index contributed by atoms with van der Waals surface area (Å²) in [5.41, 5.74) is 1.19. The van der Waals surface area contributed by atoms with Crippen molar-refractivity contribution in [1.29, 1.82) is 0 Å². The van der Waals surface area contributed by atoms with Gasteiger partial charge in [0.1, 0.15) is 11.5 Å². The predicted molar refractivity (Wildman–Crippen MR) is 87.6 cm³/mol. The lowest BCUT2D eigenvalue weighted by molar-refractivity contribution is 0.0455. The summed E-state index contributed by atoms with van der Waals surface area (Å²) in [5, 5.41) is 4.26. The van der Waals surface area contributed by atoms with E-state index in [-0.39, 0.29) is 6.04 Å². The molecule has 1 N–H and O–H groups in total. The first-order valence-corrected chi connectivity index (χ1v) is 8.48. The summed E-state index contributed by atoms with van der Waals surface area (Å²) in [7, 11) is 3.38. The molecule has 0 bridgehead atoms. The van der Waals surface area contributed by atoms with Crippen LogP contribution in [-0.2, 0) is 4.74 Å². The van der Waals surface area contributed by atoms with E-state index >= 15 is 0 Å². The molecule has 1 saturated heterocycles. The Morgan fingerprint density at radius 3 is 2.71 bits per heavy atom. The molecular weight excluding hydrogens is 286 g/mol. The molecule has 1 heterocycles. The Labute approximate surface area is 131 Å². The quantitative estimate of drug-likeness (QED) is 0.759. The standard InChI is InChI=1S/C16H25NO3S/c1-4-7-17-15(11-21-13-9-20-10-13)14-6-5-12(18-2)8-16(14)19-3/h5-6,8,13,15,17H,4,7,9-11H2,1-3H3.